The summed E-state index contributed by atoms with van der Waals surface area (Å²) in [4.78, 5) is 19.7. The van der Waals surface area contributed by atoms with Crippen LogP contribution in [0.2, 0.25) is 0 Å². The number of carbonyl (C=O) groups is 1. The largest absolute Gasteiger partial charge is 0.497 e. The van der Waals surface area contributed by atoms with Crippen molar-refractivity contribution in [3.8, 4) is 22.9 Å². The van der Waals surface area contributed by atoms with Crippen molar-refractivity contribution in [1.29, 1.82) is 0 Å². The standard InChI is InChI=1S/C20H19FN2O2.C8H4F3N.C4H6O.CH4O/c1-20(9-10-25-17-6-4-3-5-15(17)20)18-12-22-19(23-18)14-11-13(24-2)7-8-16(14)21;9-5-3-6(10)7(11)8-4(5)1-2-12-8;5-3-4-1-2-4;1-2/h3-8,11-12H,9-10H2,1-2H3,(H,22,23);1-3,12H;3-4H,1-2H2;2H,1H3/t20-;;;/m0.../s1. The Hall–Kier alpha value is -4.64. The maximum atomic E-state index is 14.2. The molecule has 44 heavy (non-hydrogen) atoms. The smallest absolute Gasteiger partial charge is 0.183 e. The first-order chi connectivity index (χ1) is 21.2. The predicted molar refractivity (Wildman–Crippen MR) is 159 cm³/mol. The van der Waals surface area contributed by atoms with E-state index < -0.39 is 17.5 Å². The molecule has 1 aliphatic heterocycles. The molecule has 0 saturated heterocycles. The van der Waals surface area contributed by atoms with Crippen LogP contribution in [0.5, 0.6) is 11.5 Å². The number of nitrogens with zero attached hydrogens (tertiary/aromatic N) is 1. The van der Waals surface area contributed by atoms with Gasteiger partial charge >= 0.3 is 0 Å². The number of carbonyl (C=O) groups excluding carboxylic acids is 1. The summed E-state index contributed by atoms with van der Waals surface area (Å²) in [6.45, 7) is 2.79. The number of aldehydes is 1. The normalized spacial score (nSPS) is 16.5. The molecule has 0 radical (unpaired) electrons. The van der Waals surface area contributed by atoms with Crippen molar-refractivity contribution in [2.24, 2.45) is 5.92 Å². The summed E-state index contributed by atoms with van der Waals surface area (Å²) >= 11 is 0. The molecule has 1 fully saturated rings. The van der Waals surface area contributed by atoms with Gasteiger partial charge in [0.05, 0.1) is 24.8 Å². The molecule has 5 aromatic rings. The molecule has 1 aliphatic carbocycles. The quantitative estimate of drug-likeness (QED) is 0.114. The van der Waals surface area contributed by atoms with Gasteiger partial charge in [-0.3, -0.25) is 0 Å². The second kappa shape index (κ2) is 14.2. The van der Waals surface area contributed by atoms with E-state index in [1.807, 2.05) is 18.2 Å². The number of imidazole rings is 1. The van der Waals surface area contributed by atoms with Crippen molar-refractivity contribution in [3.05, 3.63) is 102 Å². The highest BCUT2D eigenvalue weighted by atomic mass is 19.2. The molecule has 0 amide bonds. The predicted octanol–water partition coefficient (Wildman–Crippen LogP) is 7.10. The Bertz CT molecular complexity index is 1720. The Labute approximate surface area is 251 Å². The van der Waals surface area contributed by atoms with Crippen LogP contribution in [0.15, 0.2) is 67.0 Å². The third-order valence-corrected chi connectivity index (χ3v) is 7.44. The lowest BCUT2D eigenvalue weighted by molar-refractivity contribution is -0.108. The van der Waals surface area contributed by atoms with E-state index in [0.717, 1.165) is 49.7 Å². The van der Waals surface area contributed by atoms with E-state index in [1.54, 1.807) is 25.4 Å². The summed E-state index contributed by atoms with van der Waals surface area (Å²) in [6, 6.07) is 14.5. The lowest BCUT2D eigenvalue weighted by atomic mass is 9.75. The molecule has 7 nitrogen and oxygen atoms in total. The monoisotopic (exact) mass is 611 g/mol. The van der Waals surface area contributed by atoms with Crippen LogP contribution in [0.4, 0.5) is 17.6 Å². The highest BCUT2D eigenvalue weighted by Crippen LogP contribution is 2.43. The van der Waals surface area contributed by atoms with E-state index in [4.69, 9.17) is 14.6 Å². The number of H-pyrrole nitrogens is 2. The van der Waals surface area contributed by atoms with E-state index >= 15 is 0 Å². The Balaban J connectivity index is 0.000000191. The number of hydrogen-bond acceptors (Lipinski definition) is 5. The SMILES string of the molecule is CO.COc1ccc(F)c(-c2ncc([C@@]3(C)CCOc4ccccc43)[nH]2)c1.Fc1cc(F)c2cc[nH]c2c1F.O=CC1CC1. The number of methoxy groups -OCH3 is 1. The molecule has 7 rings (SSSR count). The zero-order chi connectivity index (χ0) is 31.9. The van der Waals surface area contributed by atoms with Gasteiger partial charge in [-0.1, -0.05) is 18.2 Å². The number of nitrogens with one attached hydrogen (secondary N) is 2. The van der Waals surface area contributed by atoms with Gasteiger partial charge in [0.25, 0.3) is 0 Å². The van der Waals surface area contributed by atoms with Crippen molar-refractivity contribution in [1.82, 2.24) is 15.0 Å². The molecule has 1 saturated carbocycles. The fourth-order valence-electron chi connectivity index (χ4n) is 4.73. The maximum Gasteiger partial charge on any atom is 0.183 e. The minimum absolute atomic E-state index is 0.0638. The van der Waals surface area contributed by atoms with E-state index in [-0.39, 0.29) is 22.1 Å². The zero-order valence-corrected chi connectivity index (χ0v) is 24.5. The van der Waals surface area contributed by atoms with E-state index in [9.17, 15) is 22.4 Å². The van der Waals surface area contributed by atoms with Gasteiger partial charge in [-0.15, -0.1) is 0 Å². The van der Waals surface area contributed by atoms with Crippen LogP contribution in [0.25, 0.3) is 22.3 Å². The summed E-state index contributed by atoms with van der Waals surface area (Å²) < 4.78 is 63.4. The van der Waals surface area contributed by atoms with Gasteiger partial charge in [-0.2, -0.15) is 0 Å². The van der Waals surface area contributed by atoms with E-state index in [0.29, 0.717) is 35.7 Å². The number of ether oxygens (including phenoxy) is 2. The summed E-state index contributed by atoms with van der Waals surface area (Å²) in [7, 11) is 2.56. The summed E-state index contributed by atoms with van der Waals surface area (Å²) in [5, 5.41) is 7.06. The second-order valence-electron chi connectivity index (χ2n) is 10.3. The Morgan fingerprint density at radius 1 is 1.02 bits per heavy atom. The van der Waals surface area contributed by atoms with Crippen molar-refractivity contribution in [2.45, 2.75) is 31.6 Å². The minimum Gasteiger partial charge on any atom is -0.497 e. The van der Waals surface area contributed by atoms with Crippen molar-refractivity contribution in [2.75, 3.05) is 20.8 Å². The van der Waals surface area contributed by atoms with Gasteiger partial charge in [0.2, 0.25) is 0 Å². The Morgan fingerprint density at radius 3 is 2.45 bits per heavy atom. The van der Waals surface area contributed by atoms with E-state index in [1.165, 1.54) is 18.3 Å². The molecular formula is C33H33F4N3O4. The van der Waals surface area contributed by atoms with Crippen molar-refractivity contribution < 1.29 is 36.9 Å². The number of para-hydroxylation sites is 1. The zero-order valence-electron chi connectivity index (χ0n) is 24.5. The summed E-state index contributed by atoms with van der Waals surface area (Å²) in [6.07, 6.45) is 7.28. The molecule has 2 aliphatic rings. The Kier molecular flexibility index (Phi) is 10.4. The van der Waals surface area contributed by atoms with Crippen LogP contribution in [0.3, 0.4) is 0 Å². The molecule has 3 heterocycles. The number of aliphatic hydroxyl groups excluding tert-OH is 1. The maximum absolute atomic E-state index is 14.2. The molecule has 1 atom stereocenters. The molecule has 0 spiro atoms. The first-order valence-electron chi connectivity index (χ1n) is 13.9. The topological polar surface area (TPSA) is 100 Å². The van der Waals surface area contributed by atoms with Crippen LogP contribution in [-0.4, -0.2) is 47.2 Å². The van der Waals surface area contributed by atoms with Crippen LogP contribution < -0.4 is 9.47 Å². The average Bonchev–Trinajstić information content (AvgIpc) is 3.52. The second-order valence-corrected chi connectivity index (χ2v) is 10.3. The molecule has 3 aromatic carbocycles. The van der Waals surface area contributed by atoms with Crippen LogP contribution in [-0.2, 0) is 10.2 Å². The number of aliphatic hydroxyl groups is 1. The average molecular weight is 612 g/mol. The number of rotatable bonds is 4. The highest BCUT2D eigenvalue weighted by Gasteiger charge is 2.36. The van der Waals surface area contributed by atoms with Gasteiger partial charge in [0.15, 0.2) is 11.6 Å². The lowest BCUT2D eigenvalue weighted by Gasteiger charge is -2.34. The number of hydrogen-bond donors (Lipinski definition) is 3. The van der Waals surface area contributed by atoms with E-state index in [2.05, 4.69) is 27.9 Å². The highest BCUT2D eigenvalue weighted by molar-refractivity contribution is 5.80. The van der Waals surface area contributed by atoms with Gasteiger partial charge < -0.3 is 29.3 Å². The van der Waals surface area contributed by atoms with Crippen molar-refractivity contribution in [3.63, 3.8) is 0 Å². The van der Waals surface area contributed by atoms with Gasteiger partial charge in [0.1, 0.15) is 35.2 Å². The van der Waals surface area contributed by atoms with Gasteiger partial charge in [-0.05, 0) is 56.5 Å². The van der Waals surface area contributed by atoms with Crippen LogP contribution in [0, 0.1) is 29.2 Å². The number of fused-ring (bicyclic) bond motifs is 2. The molecule has 2 aromatic heterocycles. The number of aromatic amines is 2. The lowest BCUT2D eigenvalue weighted by Crippen LogP contribution is -2.31. The van der Waals surface area contributed by atoms with Crippen LogP contribution in [0.1, 0.15) is 37.4 Å². The third-order valence-electron chi connectivity index (χ3n) is 7.44. The molecular weight excluding hydrogens is 578 g/mol. The number of halogens is 4. The molecule has 11 heteroatoms. The van der Waals surface area contributed by atoms with Crippen molar-refractivity contribution >= 4 is 17.2 Å². The number of benzene rings is 3. The molecule has 232 valence electrons. The Morgan fingerprint density at radius 2 is 1.77 bits per heavy atom. The van der Waals surface area contributed by atoms with Gasteiger partial charge in [0, 0.05) is 53.5 Å². The minimum atomic E-state index is -1.18. The molecule has 0 bridgehead atoms. The molecule has 0 unspecified atom stereocenters. The third kappa shape index (κ3) is 6.94. The number of aromatic nitrogens is 3. The molecule has 3 N–H and O–H groups in total. The summed E-state index contributed by atoms with van der Waals surface area (Å²) in [5.41, 5.74) is 2.07. The first-order valence-corrected chi connectivity index (χ1v) is 13.9. The fraction of sp³-hybridized carbons (Fsp3) is 0.273. The first kappa shape index (κ1) is 32.3. The summed E-state index contributed by atoms with van der Waals surface area (Å²) in [5.74, 6) is -0.883. The van der Waals surface area contributed by atoms with Crippen LogP contribution >= 0.6 is 0 Å². The van der Waals surface area contributed by atoms with Gasteiger partial charge in [-0.25, -0.2) is 22.5 Å². The fourth-order valence-corrected chi connectivity index (χ4v) is 4.73.